The Morgan fingerprint density at radius 1 is 0.912 bits per heavy atom. The quantitative estimate of drug-likeness (QED) is 0.329. The van der Waals surface area contributed by atoms with Gasteiger partial charge in [0, 0.05) is 39.9 Å². The molecule has 9 heteroatoms. The van der Waals surface area contributed by atoms with E-state index in [0.717, 1.165) is 12.3 Å². The van der Waals surface area contributed by atoms with Gasteiger partial charge < -0.3 is 5.32 Å². The molecule has 4 aromatic rings. The third kappa shape index (κ3) is 5.12. The predicted molar refractivity (Wildman–Crippen MR) is 133 cm³/mol. The molecule has 0 aliphatic rings. The minimum Gasteiger partial charge on any atom is -0.322 e. The van der Waals surface area contributed by atoms with Gasteiger partial charge in [0.2, 0.25) is 0 Å². The van der Waals surface area contributed by atoms with Crippen molar-refractivity contribution >= 4 is 44.6 Å². The molecule has 0 atom stereocenters. The Labute approximate surface area is 206 Å². The van der Waals surface area contributed by atoms with Crippen molar-refractivity contribution in [3.8, 4) is 22.4 Å². The summed E-state index contributed by atoms with van der Waals surface area (Å²) < 4.78 is 38.9. The van der Waals surface area contributed by atoms with Crippen LogP contribution in [0.25, 0.3) is 22.4 Å². The normalized spacial score (nSPS) is 11.3. The minimum absolute atomic E-state index is 0.0441. The number of rotatable bonds is 5. The monoisotopic (exact) mass is 514 g/mol. The highest BCUT2D eigenvalue weighted by Gasteiger charge is 2.20. The van der Waals surface area contributed by atoms with Gasteiger partial charge in [-0.3, -0.25) is 9.78 Å². The molecule has 0 fully saturated rings. The van der Waals surface area contributed by atoms with E-state index < -0.39 is 21.6 Å². The summed E-state index contributed by atoms with van der Waals surface area (Å²) in [7, 11) is -3.60. The molecule has 0 aliphatic carbocycles. The number of hydrogen-bond donors (Lipinski definition) is 1. The summed E-state index contributed by atoms with van der Waals surface area (Å²) in [6, 6.07) is 18.2. The number of carbonyl (C=O) groups is 1. The van der Waals surface area contributed by atoms with Gasteiger partial charge in [-0.2, -0.15) is 0 Å². The molecule has 0 unspecified atom stereocenters. The van der Waals surface area contributed by atoms with Gasteiger partial charge in [-0.05, 0) is 72.3 Å². The van der Waals surface area contributed by atoms with Crippen molar-refractivity contribution < 1.29 is 17.6 Å². The van der Waals surface area contributed by atoms with E-state index in [1.807, 2.05) is 6.07 Å². The van der Waals surface area contributed by atoms with Crippen LogP contribution in [0.4, 0.5) is 10.1 Å². The van der Waals surface area contributed by atoms with Gasteiger partial charge in [-0.15, -0.1) is 0 Å². The Morgan fingerprint density at radius 3 is 2.38 bits per heavy atom. The second-order valence-corrected chi connectivity index (χ2v) is 10.3. The second kappa shape index (κ2) is 9.54. The van der Waals surface area contributed by atoms with Crippen LogP contribution in [0.1, 0.15) is 10.4 Å². The maximum absolute atomic E-state index is 14.7. The Kier molecular flexibility index (Phi) is 6.70. The fourth-order valence-electron chi connectivity index (χ4n) is 3.40. The van der Waals surface area contributed by atoms with Gasteiger partial charge >= 0.3 is 0 Å². The van der Waals surface area contributed by atoms with E-state index in [9.17, 15) is 17.6 Å². The van der Waals surface area contributed by atoms with E-state index in [0.29, 0.717) is 22.0 Å². The molecule has 1 aromatic heterocycles. The second-order valence-electron chi connectivity index (χ2n) is 7.47. The number of anilines is 1. The van der Waals surface area contributed by atoms with Crippen molar-refractivity contribution in [1.82, 2.24) is 4.98 Å². The number of sulfone groups is 1. The number of carbonyl (C=O) groups excluding carboxylic acids is 1. The Bertz CT molecular complexity index is 1510. The maximum atomic E-state index is 14.7. The molecule has 1 amide bonds. The molecule has 0 spiro atoms. The zero-order valence-electron chi connectivity index (χ0n) is 17.7. The molecule has 1 N–H and O–H groups in total. The first-order valence-corrected chi connectivity index (χ1v) is 12.6. The van der Waals surface area contributed by atoms with Crippen LogP contribution in [0, 0.1) is 5.82 Å². The molecule has 0 bridgehead atoms. The van der Waals surface area contributed by atoms with Crippen molar-refractivity contribution in [2.24, 2.45) is 0 Å². The smallest absolute Gasteiger partial charge is 0.256 e. The average molecular weight is 515 g/mol. The molecule has 172 valence electrons. The van der Waals surface area contributed by atoms with Crippen LogP contribution in [0.2, 0.25) is 10.0 Å². The summed E-state index contributed by atoms with van der Waals surface area (Å²) in [6.07, 6.45) is 2.67. The summed E-state index contributed by atoms with van der Waals surface area (Å²) in [5, 5.41) is 3.40. The van der Waals surface area contributed by atoms with Crippen molar-refractivity contribution in [3.63, 3.8) is 0 Å². The van der Waals surface area contributed by atoms with Gasteiger partial charge in [0.25, 0.3) is 5.91 Å². The molecular weight excluding hydrogens is 498 g/mol. The molecule has 34 heavy (non-hydrogen) atoms. The van der Waals surface area contributed by atoms with E-state index in [1.54, 1.807) is 36.5 Å². The zero-order chi connectivity index (χ0) is 24.5. The van der Waals surface area contributed by atoms with Crippen molar-refractivity contribution in [1.29, 1.82) is 0 Å². The highest BCUT2D eigenvalue weighted by atomic mass is 35.5. The van der Waals surface area contributed by atoms with Crippen LogP contribution >= 0.6 is 23.2 Å². The molecular formula is C25H17Cl2FN2O3S. The molecule has 0 aliphatic heterocycles. The van der Waals surface area contributed by atoms with Crippen molar-refractivity contribution in [2.45, 2.75) is 4.90 Å². The van der Waals surface area contributed by atoms with E-state index in [4.69, 9.17) is 23.2 Å². The lowest BCUT2D eigenvalue weighted by molar-refractivity contribution is 0.102. The first kappa shape index (κ1) is 23.9. The number of pyridine rings is 1. The van der Waals surface area contributed by atoms with Gasteiger partial charge in [-0.1, -0.05) is 29.3 Å². The summed E-state index contributed by atoms with van der Waals surface area (Å²) in [5.41, 5.74) is 1.94. The highest BCUT2D eigenvalue weighted by molar-refractivity contribution is 7.90. The Balaban J connectivity index is 1.77. The molecule has 0 radical (unpaired) electrons. The summed E-state index contributed by atoms with van der Waals surface area (Å²) in [6.45, 7) is 0. The van der Waals surface area contributed by atoms with Crippen LogP contribution in [-0.4, -0.2) is 25.6 Å². The fourth-order valence-corrected chi connectivity index (χ4v) is 4.42. The summed E-state index contributed by atoms with van der Waals surface area (Å²) >= 11 is 12.2. The van der Waals surface area contributed by atoms with Gasteiger partial charge in [-0.25, -0.2) is 12.8 Å². The van der Waals surface area contributed by atoms with Crippen LogP contribution in [0.3, 0.4) is 0 Å². The topological polar surface area (TPSA) is 76.1 Å². The third-order valence-corrected chi connectivity index (χ3v) is 6.73. The Morgan fingerprint density at radius 2 is 1.71 bits per heavy atom. The fraction of sp³-hybridized carbons (Fsp3) is 0.0400. The number of hydrogen-bond acceptors (Lipinski definition) is 4. The first-order valence-electron chi connectivity index (χ1n) is 9.95. The molecule has 0 saturated heterocycles. The molecule has 3 aromatic carbocycles. The van der Waals surface area contributed by atoms with E-state index in [-0.39, 0.29) is 26.6 Å². The lowest BCUT2D eigenvalue weighted by atomic mass is 9.98. The average Bonchev–Trinajstić information content (AvgIpc) is 2.80. The first-order chi connectivity index (χ1) is 16.1. The predicted octanol–water partition coefficient (Wildman–Crippen LogP) is 6.52. The Hall–Kier alpha value is -3.26. The van der Waals surface area contributed by atoms with Gasteiger partial charge in [0.1, 0.15) is 5.82 Å². The van der Waals surface area contributed by atoms with Crippen LogP contribution in [0.5, 0.6) is 0 Å². The molecule has 5 nitrogen and oxygen atoms in total. The number of amides is 1. The van der Waals surface area contributed by atoms with E-state index in [2.05, 4.69) is 10.3 Å². The molecule has 0 saturated carbocycles. The summed E-state index contributed by atoms with van der Waals surface area (Å²) in [5.74, 6) is -1.24. The number of halogens is 3. The zero-order valence-corrected chi connectivity index (χ0v) is 20.0. The van der Waals surface area contributed by atoms with Crippen LogP contribution in [0.15, 0.2) is 83.9 Å². The lowest BCUT2D eigenvalue weighted by Gasteiger charge is -2.14. The highest BCUT2D eigenvalue weighted by Crippen LogP contribution is 2.33. The van der Waals surface area contributed by atoms with Crippen molar-refractivity contribution in [3.05, 3.63) is 100 Å². The standard InChI is InChI=1S/C25H17Cl2FN2O3S/c1-34(32,33)17-7-9-19(20(14-17)18-8-5-15(26)12-23(18)28)25(31)30-16-6-10-22(27)21(13-16)24-4-2-3-11-29-24/h2-14H,1H3,(H,30,31). The number of nitrogens with one attached hydrogen (secondary N) is 1. The number of aromatic nitrogens is 1. The van der Waals surface area contributed by atoms with E-state index in [1.165, 1.54) is 30.3 Å². The van der Waals surface area contributed by atoms with Crippen LogP contribution < -0.4 is 5.32 Å². The van der Waals surface area contributed by atoms with Crippen LogP contribution in [-0.2, 0) is 9.84 Å². The summed E-state index contributed by atoms with van der Waals surface area (Å²) in [4.78, 5) is 17.5. The molecule has 4 rings (SSSR count). The third-order valence-electron chi connectivity index (χ3n) is 5.05. The van der Waals surface area contributed by atoms with Gasteiger partial charge in [0.15, 0.2) is 9.84 Å². The number of benzene rings is 3. The number of nitrogens with zero attached hydrogens (tertiary/aromatic N) is 1. The lowest BCUT2D eigenvalue weighted by Crippen LogP contribution is -2.14. The molecule has 1 heterocycles. The largest absolute Gasteiger partial charge is 0.322 e. The van der Waals surface area contributed by atoms with Crippen molar-refractivity contribution in [2.75, 3.05) is 11.6 Å². The minimum atomic E-state index is -3.60. The van der Waals surface area contributed by atoms with E-state index >= 15 is 0 Å². The maximum Gasteiger partial charge on any atom is 0.256 e. The SMILES string of the molecule is CS(=O)(=O)c1ccc(C(=O)Nc2ccc(Cl)c(-c3ccccn3)c2)c(-c2ccc(Cl)cc2F)c1. The van der Waals surface area contributed by atoms with Gasteiger partial charge in [0.05, 0.1) is 15.6 Å².